The topological polar surface area (TPSA) is 0 Å². The van der Waals surface area contributed by atoms with Gasteiger partial charge < -0.3 is 0 Å². The van der Waals surface area contributed by atoms with Gasteiger partial charge in [-0.3, -0.25) is 0 Å². The summed E-state index contributed by atoms with van der Waals surface area (Å²) in [6.45, 7) is 15.3. The van der Waals surface area contributed by atoms with Crippen LogP contribution in [-0.4, -0.2) is 0 Å². The molecule has 0 spiro atoms. The van der Waals surface area contributed by atoms with E-state index >= 15 is 0 Å². The SMILES string of the molecule is CC(C)CCCC(C)C1CCC2C3CC=C4CC(C)CCC4(C)C3CCC12C. The smallest absolute Gasteiger partial charge is 0.00851 e. The largest absolute Gasteiger partial charge is 0.0845 e. The van der Waals surface area contributed by atoms with Crippen molar-refractivity contribution in [2.45, 2.75) is 112 Å². The summed E-state index contributed by atoms with van der Waals surface area (Å²) in [5.41, 5.74) is 3.06. The first-order chi connectivity index (χ1) is 13.3. The van der Waals surface area contributed by atoms with Crippen molar-refractivity contribution in [3.8, 4) is 0 Å². The molecular weight excluding hydrogens is 336 g/mol. The zero-order chi connectivity index (χ0) is 20.1. The summed E-state index contributed by atoms with van der Waals surface area (Å²) in [5.74, 6) is 6.73. The molecule has 3 saturated carbocycles. The minimum Gasteiger partial charge on any atom is -0.0845 e. The van der Waals surface area contributed by atoms with Crippen LogP contribution in [0.15, 0.2) is 11.6 Å². The minimum absolute atomic E-state index is 0.553. The van der Waals surface area contributed by atoms with E-state index in [4.69, 9.17) is 0 Å². The van der Waals surface area contributed by atoms with Crippen LogP contribution in [0.1, 0.15) is 112 Å². The molecule has 3 fully saturated rings. The van der Waals surface area contributed by atoms with Crippen LogP contribution in [0, 0.1) is 52.3 Å². The highest BCUT2D eigenvalue weighted by atomic mass is 14.6. The molecule has 0 bridgehead atoms. The van der Waals surface area contributed by atoms with Crippen LogP contribution in [0.3, 0.4) is 0 Å². The summed E-state index contributed by atoms with van der Waals surface area (Å²) in [5, 5.41) is 0. The van der Waals surface area contributed by atoms with Gasteiger partial charge in [0.2, 0.25) is 0 Å². The van der Waals surface area contributed by atoms with Gasteiger partial charge in [0, 0.05) is 0 Å². The maximum absolute atomic E-state index is 2.75. The number of allylic oxidation sites excluding steroid dienone is 2. The molecule has 0 saturated heterocycles. The minimum atomic E-state index is 0.553. The van der Waals surface area contributed by atoms with E-state index < -0.39 is 0 Å². The molecule has 0 aliphatic heterocycles. The summed E-state index contributed by atoms with van der Waals surface area (Å²) >= 11 is 0. The summed E-state index contributed by atoms with van der Waals surface area (Å²) in [6.07, 6.45) is 19.0. The Morgan fingerprint density at radius 3 is 2.50 bits per heavy atom. The molecule has 4 aliphatic carbocycles. The summed E-state index contributed by atoms with van der Waals surface area (Å²) in [6, 6.07) is 0. The fourth-order valence-electron chi connectivity index (χ4n) is 8.87. The highest BCUT2D eigenvalue weighted by Gasteiger charge is 2.58. The van der Waals surface area contributed by atoms with Crippen LogP contribution in [0.4, 0.5) is 0 Å². The molecule has 4 aliphatic rings. The molecule has 0 amide bonds. The Labute approximate surface area is 176 Å². The Kier molecular flexibility index (Phi) is 5.83. The lowest BCUT2D eigenvalue weighted by Crippen LogP contribution is -2.50. The zero-order valence-electron chi connectivity index (χ0n) is 19.9. The first-order valence-electron chi connectivity index (χ1n) is 12.9. The second kappa shape index (κ2) is 7.77. The Bertz CT molecular complexity index is 585. The standard InChI is InChI=1S/C28H48/c1-19(2)8-7-9-21(4)24-12-13-25-23-11-10-22-18-20(3)14-16-27(22,5)26(23)15-17-28(24,25)6/h10,19-21,23-26H,7-9,11-18H2,1-6H3. The number of hydrogen-bond acceptors (Lipinski definition) is 0. The first-order valence-corrected chi connectivity index (χ1v) is 12.9. The van der Waals surface area contributed by atoms with E-state index in [1.165, 1.54) is 70.6 Å². The van der Waals surface area contributed by atoms with Crippen LogP contribution < -0.4 is 0 Å². The van der Waals surface area contributed by atoms with E-state index in [-0.39, 0.29) is 0 Å². The number of hydrogen-bond donors (Lipinski definition) is 0. The van der Waals surface area contributed by atoms with Crippen molar-refractivity contribution in [2.75, 3.05) is 0 Å². The lowest BCUT2D eigenvalue weighted by Gasteiger charge is -2.58. The molecule has 4 rings (SSSR count). The molecule has 8 atom stereocenters. The second-order valence-corrected chi connectivity index (χ2v) is 12.6. The normalized spacial score (nSPS) is 46.5. The quantitative estimate of drug-likeness (QED) is 0.416. The molecule has 0 N–H and O–H groups in total. The van der Waals surface area contributed by atoms with Gasteiger partial charge in [0.05, 0.1) is 0 Å². The Morgan fingerprint density at radius 2 is 1.75 bits per heavy atom. The Hall–Kier alpha value is -0.260. The second-order valence-electron chi connectivity index (χ2n) is 12.6. The van der Waals surface area contributed by atoms with Crippen LogP contribution >= 0.6 is 0 Å². The third-order valence-corrected chi connectivity index (χ3v) is 10.6. The van der Waals surface area contributed by atoms with Gasteiger partial charge in [-0.25, -0.2) is 0 Å². The highest BCUT2D eigenvalue weighted by molar-refractivity contribution is 5.25. The highest BCUT2D eigenvalue weighted by Crippen LogP contribution is 2.67. The van der Waals surface area contributed by atoms with Crippen molar-refractivity contribution in [3.63, 3.8) is 0 Å². The molecule has 0 heteroatoms. The molecular formula is C28H48. The predicted octanol–water partition coefficient (Wildman–Crippen LogP) is 8.66. The molecule has 0 radical (unpaired) electrons. The van der Waals surface area contributed by atoms with Crippen molar-refractivity contribution >= 4 is 0 Å². The van der Waals surface area contributed by atoms with Crippen LogP contribution in [-0.2, 0) is 0 Å². The zero-order valence-corrected chi connectivity index (χ0v) is 19.9. The van der Waals surface area contributed by atoms with Gasteiger partial charge in [0.15, 0.2) is 0 Å². The van der Waals surface area contributed by atoms with Crippen molar-refractivity contribution in [1.29, 1.82) is 0 Å². The maximum atomic E-state index is 2.75. The summed E-state index contributed by atoms with van der Waals surface area (Å²) in [7, 11) is 0. The van der Waals surface area contributed by atoms with E-state index in [9.17, 15) is 0 Å². The van der Waals surface area contributed by atoms with Gasteiger partial charge in [-0.05, 0) is 104 Å². The third kappa shape index (κ3) is 3.43. The lowest BCUT2D eigenvalue weighted by molar-refractivity contribution is -0.0523. The van der Waals surface area contributed by atoms with E-state index in [0.29, 0.717) is 10.8 Å². The van der Waals surface area contributed by atoms with Crippen LogP contribution in [0.2, 0.25) is 0 Å². The maximum Gasteiger partial charge on any atom is -0.00851 e. The fourth-order valence-corrected chi connectivity index (χ4v) is 8.87. The fraction of sp³-hybridized carbons (Fsp3) is 0.929. The van der Waals surface area contributed by atoms with E-state index in [0.717, 1.165) is 41.4 Å². The van der Waals surface area contributed by atoms with Crippen molar-refractivity contribution < 1.29 is 0 Å². The monoisotopic (exact) mass is 384 g/mol. The van der Waals surface area contributed by atoms with Gasteiger partial charge in [-0.2, -0.15) is 0 Å². The number of fused-ring (bicyclic) bond motifs is 5. The van der Waals surface area contributed by atoms with E-state index in [1.807, 2.05) is 5.57 Å². The van der Waals surface area contributed by atoms with E-state index in [1.54, 1.807) is 0 Å². The van der Waals surface area contributed by atoms with Gasteiger partial charge >= 0.3 is 0 Å². The predicted molar refractivity (Wildman–Crippen MR) is 122 cm³/mol. The number of rotatable bonds is 5. The van der Waals surface area contributed by atoms with Crippen LogP contribution in [0.25, 0.3) is 0 Å². The van der Waals surface area contributed by atoms with Crippen LogP contribution in [0.5, 0.6) is 0 Å². The Balaban J connectivity index is 1.49. The molecule has 160 valence electrons. The molecule has 0 nitrogen and oxygen atoms in total. The van der Waals surface area contributed by atoms with Gasteiger partial charge in [0.1, 0.15) is 0 Å². The molecule has 0 aromatic rings. The average Bonchev–Trinajstić information content (AvgIpc) is 2.99. The lowest BCUT2D eigenvalue weighted by atomic mass is 9.46. The molecule has 28 heavy (non-hydrogen) atoms. The van der Waals surface area contributed by atoms with Gasteiger partial charge in [-0.15, -0.1) is 0 Å². The summed E-state index contributed by atoms with van der Waals surface area (Å²) in [4.78, 5) is 0. The molecule has 0 aromatic carbocycles. The van der Waals surface area contributed by atoms with Crippen molar-refractivity contribution in [3.05, 3.63) is 11.6 Å². The van der Waals surface area contributed by atoms with Gasteiger partial charge in [-0.1, -0.05) is 72.5 Å². The first kappa shape index (κ1) is 21.0. The average molecular weight is 385 g/mol. The van der Waals surface area contributed by atoms with Crippen molar-refractivity contribution in [2.24, 2.45) is 52.3 Å². The summed E-state index contributed by atoms with van der Waals surface area (Å²) < 4.78 is 0. The van der Waals surface area contributed by atoms with Crippen molar-refractivity contribution in [1.82, 2.24) is 0 Å². The molecule has 8 unspecified atom stereocenters. The van der Waals surface area contributed by atoms with E-state index in [2.05, 4.69) is 47.6 Å². The third-order valence-electron chi connectivity index (χ3n) is 10.6. The molecule has 0 heterocycles. The van der Waals surface area contributed by atoms with Gasteiger partial charge in [0.25, 0.3) is 0 Å². The Morgan fingerprint density at radius 1 is 0.964 bits per heavy atom. The molecule has 0 aromatic heterocycles.